The Kier molecular flexibility index (Phi) is 8.34. The Morgan fingerprint density at radius 2 is 1.22 bits per heavy atom. The molecule has 1 saturated heterocycles. The number of rotatable bonds is 9. The van der Waals surface area contributed by atoms with Gasteiger partial charge in [-0.15, -0.1) is 0 Å². The predicted octanol–water partition coefficient (Wildman–Crippen LogP) is 4.03. The van der Waals surface area contributed by atoms with Gasteiger partial charge in [-0.25, -0.2) is 0 Å². The van der Waals surface area contributed by atoms with E-state index in [2.05, 4.69) is 0 Å². The fourth-order valence-electron chi connectivity index (χ4n) is 3.67. The molecule has 4 rings (SSSR count). The molecule has 0 radical (unpaired) electrons. The number of benzene rings is 3. The molecule has 3 aromatic carbocycles. The maximum Gasteiger partial charge on any atom is 0.137 e. The molecule has 1 heterocycles. The molecule has 32 heavy (non-hydrogen) atoms. The molecule has 0 amide bonds. The van der Waals surface area contributed by atoms with Crippen molar-refractivity contribution in [2.24, 2.45) is 0 Å². The average molecular weight is 453 g/mol. The van der Waals surface area contributed by atoms with Gasteiger partial charge in [0.05, 0.1) is 19.8 Å². The summed E-state index contributed by atoms with van der Waals surface area (Å²) < 4.78 is 18.6. The van der Waals surface area contributed by atoms with Crippen molar-refractivity contribution in [1.82, 2.24) is 0 Å². The van der Waals surface area contributed by atoms with Gasteiger partial charge in [0, 0.05) is 4.90 Å². The maximum atomic E-state index is 11.0. The zero-order valence-corrected chi connectivity index (χ0v) is 18.5. The second-order valence-electron chi connectivity index (χ2n) is 7.67. The van der Waals surface area contributed by atoms with E-state index in [4.69, 9.17) is 14.2 Å². The molecule has 3 aromatic rings. The highest BCUT2D eigenvalue weighted by atomic mass is 32.2. The summed E-state index contributed by atoms with van der Waals surface area (Å²) in [5, 5.41) is 20.8. The summed E-state index contributed by atoms with van der Waals surface area (Å²) in [5.74, 6) is 0. The van der Waals surface area contributed by atoms with E-state index >= 15 is 0 Å². The van der Waals surface area contributed by atoms with Crippen molar-refractivity contribution in [2.75, 3.05) is 6.61 Å². The largest absolute Gasteiger partial charge is 0.394 e. The second kappa shape index (κ2) is 11.6. The van der Waals surface area contributed by atoms with Crippen molar-refractivity contribution in [2.45, 2.75) is 48.0 Å². The van der Waals surface area contributed by atoms with Crippen LogP contribution in [0.2, 0.25) is 0 Å². The third kappa shape index (κ3) is 5.98. The topological polar surface area (TPSA) is 68.2 Å². The predicted molar refractivity (Wildman–Crippen MR) is 124 cm³/mol. The van der Waals surface area contributed by atoms with Crippen LogP contribution in [-0.2, 0) is 27.4 Å². The van der Waals surface area contributed by atoms with E-state index in [0.29, 0.717) is 13.2 Å². The average Bonchev–Trinajstić information content (AvgIpc) is 2.85. The van der Waals surface area contributed by atoms with Crippen LogP contribution in [0.1, 0.15) is 11.1 Å². The minimum absolute atomic E-state index is 0.302. The molecule has 1 fully saturated rings. The van der Waals surface area contributed by atoms with E-state index in [1.165, 1.54) is 11.8 Å². The van der Waals surface area contributed by atoms with Crippen molar-refractivity contribution in [3.63, 3.8) is 0 Å². The van der Waals surface area contributed by atoms with Crippen molar-refractivity contribution in [3.05, 3.63) is 102 Å². The standard InChI is InChI=1S/C26H28O5S/c27-16-22-23(28)24(29-17-19-10-4-1-5-11-19)25(30-18-20-12-6-2-7-13-20)26(31-22)32-21-14-8-3-9-15-21/h1-15,22-28H,16-18H2/t22-,23-,24+,25+,26?/m1/s1. The normalized spacial score (nSPS) is 25.5. The highest BCUT2D eigenvalue weighted by Gasteiger charge is 2.47. The van der Waals surface area contributed by atoms with E-state index in [1.807, 2.05) is 91.0 Å². The van der Waals surface area contributed by atoms with Gasteiger partial charge in [0.1, 0.15) is 29.9 Å². The van der Waals surface area contributed by atoms with Gasteiger partial charge in [-0.2, -0.15) is 0 Å². The highest BCUT2D eigenvalue weighted by molar-refractivity contribution is 7.99. The number of ether oxygens (including phenoxy) is 3. The van der Waals surface area contributed by atoms with E-state index < -0.39 is 29.9 Å². The van der Waals surface area contributed by atoms with Crippen LogP contribution in [0, 0.1) is 0 Å². The number of hydrogen-bond acceptors (Lipinski definition) is 6. The molecule has 0 aromatic heterocycles. The lowest BCUT2D eigenvalue weighted by atomic mass is 9.99. The van der Waals surface area contributed by atoms with Gasteiger partial charge in [0.15, 0.2) is 0 Å². The van der Waals surface area contributed by atoms with Crippen LogP contribution in [0.5, 0.6) is 0 Å². The van der Waals surface area contributed by atoms with Gasteiger partial charge in [0.25, 0.3) is 0 Å². The van der Waals surface area contributed by atoms with Crippen LogP contribution >= 0.6 is 11.8 Å². The molecule has 0 aliphatic carbocycles. The maximum absolute atomic E-state index is 11.0. The SMILES string of the molecule is OC[C@H]1OC(Sc2ccccc2)[C@@H](OCc2ccccc2)[C@@H](OCc2ccccc2)[C@@H]1O. The van der Waals surface area contributed by atoms with Crippen LogP contribution < -0.4 is 0 Å². The smallest absolute Gasteiger partial charge is 0.137 e. The number of hydrogen-bond donors (Lipinski definition) is 2. The minimum atomic E-state index is -1.02. The van der Waals surface area contributed by atoms with Gasteiger partial charge < -0.3 is 24.4 Å². The summed E-state index contributed by atoms with van der Waals surface area (Å²) in [6, 6.07) is 29.6. The Morgan fingerprint density at radius 3 is 1.75 bits per heavy atom. The first-order valence-electron chi connectivity index (χ1n) is 10.7. The minimum Gasteiger partial charge on any atom is -0.394 e. The van der Waals surface area contributed by atoms with Gasteiger partial charge in [-0.05, 0) is 23.3 Å². The van der Waals surface area contributed by atoms with E-state index in [9.17, 15) is 10.2 Å². The fraction of sp³-hybridized carbons (Fsp3) is 0.308. The molecule has 6 heteroatoms. The molecule has 0 saturated carbocycles. The van der Waals surface area contributed by atoms with Crippen LogP contribution in [-0.4, -0.2) is 46.7 Å². The summed E-state index contributed by atoms with van der Waals surface area (Å²) >= 11 is 1.50. The number of aliphatic hydroxyl groups excluding tert-OH is 2. The molecular weight excluding hydrogens is 424 g/mol. The molecule has 1 aliphatic heterocycles. The Morgan fingerprint density at radius 1 is 0.719 bits per heavy atom. The second-order valence-corrected chi connectivity index (χ2v) is 8.84. The molecule has 0 bridgehead atoms. The van der Waals surface area contributed by atoms with E-state index in [-0.39, 0.29) is 6.61 Å². The summed E-state index contributed by atoms with van der Waals surface area (Å²) in [5.41, 5.74) is 1.57. The molecule has 5 atom stereocenters. The van der Waals surface area contributed by atoms with Gasteiger partial charge >= 0.3 is 0 Å². The Bertz CT molecular complexity index is 925. The molecule has 5 nitrogen and oxygen atoms in total. The Balaban J connectivity index is 1.56. The van der Waals surface area contributed by atoms with Crippen molar-refractivity contribution in [1.29, 1.82) is 0 Å². The zero-order chi connectivity index (χ0) is 22.2. The van der Waals surface area contributed by atoms with Crippen LogP contribution in [0.25, 0.3) is 0 Å². The summed E-state index contributed by atoms with van der Waals surface area (Å²) in [7, 11) is 0. The van der Waals surface area contributed by atoms with Crippen LogP contribution in [0.15, 0.2) is 95.9 Å². The van der Waals surface area contributed by atoms with Crippen LogP contribution in [0.3, 0.4) is 0 Å². The first-order valence-corrected chi connectivity index (χ1v) is 11.6. The molecular formula is C26H28O5S. The number of aliphatic hydroxyl groups is 2. The summed E-state index contributed by atoms with van der Waals surface area (Å²) in [6.07, 6.45) is -2.97. The molecule has 0 spiro atoms. The molecule has 2 N–H and O–H groups in total. The zero-order valence-electron chi connectivity index (χ0n) is 17.7. The molecule has 168 valence electrons. The van der Waals surface area contributed by atoms with Gasteiger partial charge in [-0.1, -0.05) is 90.6 Å². The molecule has 1 aliphatic rings. The first-order chi connectivity index (χ1) is 15.7. The van der Waals surface area contributed by atoms with Crippen molar-refractivity contribution >= 4 is 11.8 Å². The fourth-order valence-corrected chi connectivity index (χ4v) is 4.82. The third-order valence-corrected chi connectivity index (χ3v) is 6.52. The lowest BCUT2D eigenvalue weighted by Crippen LogP contribution is -2.59. The van der Waals surface area contributed by atoms with Crippen molar-refractivity contribution in [3.8, 4) is 0 Å². The first kappa shape index (κ1) is 23.0. The Hall–Kier alpha value is -2.19. The quantitative estimate of drug-likeness (QED) is 0.511. The summed E-state index contributed by atoms with van der Waals surface area (Å²) in [4.78, 5) is 1.01. The lowest BCUT2D eigenvalue weighted by Gasteiger charge is -2.43. The van der Waals surface area contributed by atoms with E-state index in [1.54, 1.807) is 0 Å². The lowest BCUT2D eigenvalue weighted by molar-refractivity contribution is -0.237. The molecule has 1 unspecified atom stereocenters. The van der Waals surface area contributed by atoms with E-state index in [0.717, 1.165) is 16.0 Å². The van der Waals surface area contributed by atoms with Crippen LogP contribution in [0.4, 0.5) is 0 Å². The summed E-state index contributed by atoms with van der Waals surface area (Å²) in [6.45, 7) is 0.390. The monoisotopic (exact) mass is 452 g/mol. The number of thioether (sulfide) groups is 1. The van der Waals surface area contributed by atoms with Gasteiger partial charge in [0.2, 0.25) is 0 Å². The highest BCUT2D eigenvalue weighted by Crippen LogP contribution is 2.36. The van der Waals surface area contributed by atoms with Crippen molar-refractivity contribution < 1.29 is 24.4 Å². The Labute approximate surface area is 193 Å². The third-order valence-electron chi connectivity index (χ3n) is 5.36. The van der Waals surface area contributed by atoms with Gasteiger partial charge in [-0.3, -0.25) is 0 Å².